The molecule has 0 saturated heterocycles. The molecule has 1 saturated carbocycles. The minimum atomic E-state index is -0.839. The Bertz CT molecular complexity index is 493. The van der Waals surface area contributed by atoms with E-state index in [1.54, 1.807) is 0 Å². The largest absolute Gasteiger partial charge is 0.481 e. The van der Waals surface area contributed by atoms with Gasteiger partial charge in [-0.25, -0.2) is 4.39 Å². The summed E-state index contributed by atoms with van der Waals surface area (Å²) in [6.07, 6.45) is 4.83. The number of hydrogen-bond donors (Lipinski definition) is 2. The summed E-state index contributed by atoms with van der Waals surface area (Å²) in [5.41, 5.74) is -0.0625. The summed E-state index contributed by atoms with van der Waals surface area (Å²) in [5, 5.41) is 11.7. The van der Waals surface area contributed by atoms with Crippen LogP contribution < -0.4 is 5.32 Å². The van der Waals surface area contributed by atoms with Gasteiger partial charge in [0, 0.05) is 12.2 Å². The number of carbonyl (C=O) groups excluding carboxylic acids is 1. The molecule has 1 heterocycles. The van der Waals surface area contributed by atoms with Crippen LogP contribution >= 0.6 is 0 Å². The highest BCUT2D eigenvalue weighted by molar-refractivity contribution is 5.94. The molecule has 2 N–H and O–H groups in total. The van der Waals surface area contributed by atoms with Gasteiger partial charge in [-0.05, 0) is 25.3 Å². The predicted octanol–water partition coefficient (Wildman–Crippen LogP) is 1.59. The number of rotatable bonds is 3. The number of aromatic nitrogens is 1. The van der Waals surface area contributed by atoms with E-state index in [0.29, 0.717) is 12.8 Å². The molecule has 0 spiro atoms. The molecule has 2 unspecified atom stereocenters. The van der Waals surface area contributed by atoms with Crippen LogP contribution in [0.15, 0.2) is 18.5 Å². The number of nitrogens with one attached hydrogen (secondary N) is 1. The second-order valence-electron chi connectivity index (χ2n) is 4.73. The van der Waals surface area contributed by atoms with Gasteiger partial charge in [-0.1, -0.05) is 6.42 Å². The van der Waals surface area contributed by atoms with E-state index in [1.165, 1.54) is 12.3 Å². The van der Waals surface area contributed by atoms with Crippen molar-refractivity contribution in [2.75, 3.05) is 0 Å². The fourth-order valence-corrected chi connectivity index (χ4v) is 2.37. The molecule has 0 bridgehead atoms. The highest BCUT2D eigenvalue weighted by atomic mass is 19.1. The molecule has 5 nitrogen and oxygen atoms in total. The molecule has 2 atom stereocenters. The standard InChI is InChI=1S/C13H15FN2O3/c14-11-7-15-5-4-10(11)12(17)16-9-3-1-2-8(6-9)13(18)19/h4-5,7-9H,1-3,6H2,(H,16,17)(H,18,19). The van der Waals surface area contributed by atoms with Gasteiger partial charge in [0.15, 0.2) is 5.82 Å². The Morgan fingerprint density at radius 2 is 2.21 bits per heavy atom. The first-order chi connectivity index (χ1) is 9.08. The predicted molar refractivity (Wildman–Crippen MR) is 65.0 cm³/mol. The lowest BCUT2D eigenvalue weighted by molar-refractivity contribution is -0.143. The van der Waals surface area contributed by atoms with Gasteiger partial charge in [0.05, 0.1) is 17.7 Å². The van der Waals surface area contributed by atoms with E-state index in [9.17, 15) is 14.0 Å². The van der Waals surface area contributed by atoms with E-state index in [2.05, 4.69) is 10.3 Å². The molecule has 6 heteroatoms. The fourth-order valence-electron chi connectivity index (χ4n) is 2.37. The van der Waals surface area contributed by atoms with Crippen LogP contribution in [-0.4, -0.2) is 28.0 Å². The Labute approximate surface area is 109 Å². The minimum absolute atomic E-state index is 0.0625. The molecule has 1 aliphatic carbocycles. The third-order valence-electron chi connectivity index (χ3n) is 3.38. The van der Waals surface area contributed by atoms with E-state index in [-0.39, 0.29) is 11.6 Å². The van der Waals surface area contributed by atoms with Crippen molar-refractivity contribution in [2.45, 2.75) is 31.7 Å². The van der Waals surface area contributed by atoms with Gasteiger partial charge in [-0.15, -0.1) is 0 Å². The van der Waals surface area contributed by atoms with E-state index < -0.39 is 23.6 Å². The number of carboxylic acid groups (broad SMARTS) is 1. The highest BCUT2D eigenvalue weighted by Gasteiger charge is 2.28. The third kappa shape index (κ3) is 3.27. The number of aliphatic carboxylic acids is 1. The Hall–Kier alpha value is -1.98. The van der Waals surface area contributed by atoms with Crippen LogP contribution in [0.25, 0.3) is 0 Å². The number of carboxylic acids is 1. The average molecular weight is 266 g/mol. The second kappa shape index (κ2) is 5.77. The van der Waals surface area contributed by atoms with Crippen molar-refractivity contribution >= 4 is 11.9 Å². The van der Waals surface area contributed by atoms with Crippen LogP contribution in [0.3, 0.4) is 0 Å². The molecule has 1 aliphatic rings. The van der Waals surface area contributed by atoms with Crippen LogP contribution in [0.4, 0.5) is 4.39 Å². The van der Waals surface area contributed by atoms with Gasteiger partial charge in [0.1, 0.15) is 0 Å². The number of carbonyl (C=O) groups is 2. The quantitative estimate of drug-likeness (QED) is 0.870. The monoisotopic (exact) mass is 266 g/mol. The van der Waals surface area contributed by atoms with E-state index in [1.807, 2.05) is 0 Å². The number of amides is 1. The average Bonchev–Trinajstić information content (AvgIpc) is 2.39. The van der Waals surface area contributed by atoms with Crippen LogP contribution in [0.1, 0.15) is 36.0 Å². The molecule has 102 valence electrons. The zero-order valence-corrected chi connectivity index (χ0v) is 10.3. The molecule has 2 rings (SSSR count). The van der Waals surface area contributed by atoms with Gasteiger partial charge in [0.2, 0.25) is 0 Å². The molecule has 0 aromatic carbocycles. The third-order valence-corrected chi connectivity index (χ3v) is 3.38. The first kappa shape index (κ1) is 13.5. The lowest BCUT2D eigenvalue weighted by atomic mass is 9.85. The molecule has 0 aliphatic heterocycles. The summed E-state index contributed by atoms with van der Waals surface area (Å²) in [6.45, 7) is 0. The van der Waals surface area contributed by atoms with Crippen LogP contribution in [0.2, 0.25) is 0 Å². The molecule has 1 aromatic heterocycles. The smallest absolute Gasteiger partial charge is 0.306 e. The second-order valence-corrected chi connectivity index (χ2v) is 4.73. The van der Waals surface area contributed by atoms with Crippen molar-refractivity contribution in [3.05, 3.63) is 29.8 Å². The molecule has 1 amide bonds. The molecule has 19 heavy (non-hydrogen) atoms. The number of hydrogen-bond acceptors (Lipinski definition) is 3. The van der Waals surface area contributed by atoms with Crippen molar-refractivity contribution in [3.63, 3.8) is 0 Å². The summed E-state index contributed by atoms with van der Waals surface area (Å²) in [5.74, 6) is -2.46. The summed E-state index contributed by atoms with van der Waals surface area (Å²) in [7, 11) is 0. The maximum atomic E-state index is 13.4. The lowest BCUT2D eigenvalue weighted by Crippen LogP contribution is -2.40. The van der Waals surface area contributed by atoms with Crippen molar-refractivity contribution < 1.29 is 19.1 Å². The van der Waals surface area contributed by atoms with E-state index in [0.717, 1.165) is 19.0 Å². The normalized spacial score (nSPS) is 22.8. The first-order valence-corrected chi connectivity index (χ1v) is 6.21. The van der Waals surface area contributed by atoms with Gasteiger partial charge < -0.3 is 10.4 Å². The summed E-state index contributed by atoms with van der Waals surface area (Å²) < 4.78 is 13.4. The number of pyridine rings is 1. The summed E-state index contributed by atoms with van der Waals surface area (Å²) >= 11 is 0. The van der Waals surface area contributed by atoms with Gasteiger partial charge in [-0.3, -0.25) is 14.6 Å². The summed E-state index contributed by atoms with van der Waals surface area (Å²) in [6, 6.07) is 1.09. The van der Waals surface area contributed by atoms with Gasteiger partial charge in [-0.2, -0.15) is 0 Å². The Morgan fingerprint density at radius 1 is 1.42 bits per heavy atom. The van der Waals surface area contributed by atoms with Gasteiger partial charge >= 0.3 is 5.97 Å². The van der Waals surface area contributed by atoms with Crippen molar-refractivity contribution in [1.29, 1.82) is 0 Å². The Morgan fingerprint density at radius 3 is 2.89 bits per heavy atom. The SMILES string of the molecule is O=C(NC1CCCC(C(=O)O)C1)c1ccncc1F. The first-order valence-electron chi connectivity index (χ1n) is 6.21. The van der Waals surface area contributed by atoms with Crippen LogP contribution in [0.5, 0.6) is 0 Å². The van der Waals surface area contributed by atoms with Crippen molar-refractivity contribution in [2.24, 2.45) is 5.92 Å². The van der Waals surface area contributed by atoms with Gasteiger partial charge in [0.25, 0.3) is 5.91 Å². The summed E-state index contributed by atoms with van der Waals surface area (Å²) in [4.78, 5) is 26.4. The zero-order chi connectivity index (χ0) is 13.8. The topological polar surface area (TPSA) is 79.3 Å². The molecular weight excluding hydrogens is 251 g/mol. The minimum Gasteiger partial charge on any atom is -0.481 e. The zero-order valence-electron chi connectivity index (χ0n) is 10.3. The van der Waals surface area contributed by atoms with E-state index >= 15 is 0 Å². The van der Waals surface area contributed by atoms with Crippen molar-refractivity contribution in [3.8, 4) is 0 Å². The Balaban J connectivity index is 1.99. The fraction of sp³-hybridized carbons (Fsp3) is 0.462. The van der Waals surface area contributed by atoms with E-state index in [4.69, 9.17) is 5.11 Å². The Kier molecular flexibility index (Phi) is 4.09. The molecular formula is C13H15FN2O3. The molecule has 0 radical (unpaired) electrons. The van der Waals surface area contributed by atoms with Crippen LogP contribution in [-0.2, 0) is 4.79 Å². The highest BCUT2D eigenvalue weighted by Crippen LogP contribution is 2.24. The molecule has 1 fully saturated rings. The lowest BCUT2D eigenvalue weighted by Gasteiger charge is -2.27. The maximum absolute atomic E-state index is 13.4. The number of nitrogens with zero attached hydrogens (tertiary/aromatic N) is 1. The van der Waals surface area contributed by atoms with Crippen molar-refractivity contribution in [1.82, 2.24) is 10.3 Å². The maximum Gasteiger partial charge on any atom is 0.306 e. The number of halogens is 1. The van der Waals surface area contributed by atoms with Crippen LogP contribution in [0, 0.1) is 11.7 Å². The molecule has 1 aromatic rings.